The van der Waals surface area contributed by atoms with Gasteiger partial charge in [0.25, 0.3) is 0 Å². The molecule has 0 aromatic heterocycles. The van der Waals surface area contributed by atoms with Crippen LogP contribution in [0.2, 0.25) is 0 Å². The minimum atomic E-state index is -0.630. The number of phenols is 1. The fourth-order valence-electron chi connectivity index (χ4n) is 1.67. The molecule has 0 amide bonds. The highest BCUT2D eigenvalue weighted by Crippen LogP contribution is 2.23. The van der Waals surface area contributed by atoms with Crippen LogP contribution in [0.15, 0.2) is 24.3 Å². The first-order valence-electron chi connectivity index (χ1n) is 5.44. The predicted molar refractivity (Wildman–Crippen MR) is 64.6 cm³/mol. The van der Waals surface area contributed by atoms with Gasteiger partial charge in [-0.1, -0.05) is 12.1 Å². The minimum Gasteiger partial charge on any atom is -0.502 e. The normalized spacial score (nSPS) is 22.7. The van der Waals surface area contributed by atoms with Gasteiger partial charge in [0.05, 0.1) is 4.92 Å². The molecule has 6 nitrogen and oxygen atoms in total. The molecule has 0 aliphatic heterocycles. The molecule has 2 atom stereocenters. The van der Waals surface area contributed by atoms with Crippen LogP contribution in [-0.4, -0.2) is 22.1 Å². The summed E-state index contributed by atoms with van der Waals surface area (Å²) in [6.45, 7) is 0. The van der Waals surface area contributed by atoms with Gasteiger partial charge in [0, 0.05) is 18.2 Å². The fourth-order valence-corrected chi connectivity index (χ4v) is 1.67. The van der Waals surface area contributed by atoms with Crippen molar-refractivity contribution in [2.45, 2.75) is 31.3 Å². The van der Waals surface area contributed by atoms with E-state index in [0.717, 1.165) is 19.3 Å². The molecule has 0 heterocycles. The van der Waals surface area contributed by atoms with Crippen molar-refractivity contribution in [2.75, 3.05) is 0 Å². The van der Waals surface area contributed by atoms with Crippen molar-refractivity contribution in [1.29, 1.82) is 0 Å². The lowest BCUT2D eigenvalue weighted by Crippen LogP contribution is -2.20. The lowest BCUT2D eigenvalue weighted by Gasteiger charge is -1.97. The SMILES string of the molecule is N[C@@H]1CC[C@H](N)C1.O=[N+]([O-])c1ccccc1O. The monoisotopic (exact) mass is 239 g/mol. The molecular formula is C11H17N3O3. The van der Waals surface area contributed by atoms with Crippen LogP contribution in [0.3, 0.4) is 0 Å². The summed E-state index contributed by atoms with van der Waals surface area (Å²) in [5.41, 5.74) is 10.8. The molecule has 1 saturated carbocycles. The van der Waals surface area contributed by atoms with Crippen molar-refractivity contribution < 1.29 is 10.0 Å². The van der Waals surface area contributed by atoms with E-state index in [2.05, 4.69) is 0 Å². The van der Waals surface area contributed by atoms with Crippen LogP contribution in [-0.2, 0) is 0 Å². The Morgan fingerprint density at radius 3 is 2.06 bits per heavy atom. The predicted octanol–water partition coefficient (Wildman–Crippen LogP) is 1.13. The quantitative estimate of drug-likeness (QED) is 0.501. The largest absolute Gasteiger partial charge is 0.502 e. The van der Waals surface area contributed by atoms with E-state index in [4.69, 9.17) is 16.6 Å². The van der Waals surface area contributed by atoms with Crippen molar-refractivity contribution >= 4 is 5.69 Å². The fraction of sp³-hybridized carbons (Fsp3) is 0.455. The lowest BCUT2D eigenvalue weighted by atomic mass is 10.2. The van der Waals surface area contributed by atoms with Crippen molar-refractivity contribution in [3.63, 3.8) is 0 Å². The van der Waals surface area contributed by atoms with E-state index in [1.54, 1.807) is 0 Å². The Morgan fingerprint density at radius 2 is 1.76 bits per heavy atom. The van der Waals surface area contributed by atoms with E-state index in [1.165, 1.54) is 24.3 Å². The third-order valence-corrected chi connectivity index (χ3v) is 2.59. The number of nitro benzene ring substituents is 1. The minimum absolute atomic E-state index is 0.262. The molecule has 1 aliphatic rings. The Morgan fingerprint density at radius 1 is 1.24 bits per heavy atom. The van der Waals surface area contributed by atoms with Gasteiger partial charge in [0.15, 0.2) is 5.75 Å². The van der Waals surface area contributed by atoms with E-state index in [0.29, 0.717) is 12.1 Å². The first-order chi connectivity index (χ1) is 8.00. The van der Waals surface area contributed by atoms with Gasteiger partial charge >= 0.3 is 5.69 Å². The summed E-state index contributed by atoms with van der Waals surface area (Å²) in [4.78, 5) is 9.44. The number of rotatable bonds is 1. The molecule has 94 valence electrons. The van der Waals surface area contributed by atoms with E-state index < -0.39 is 4.92 Å². The Balaban J connectivity index is 0.000000181. The summed E-state index contributed by atoms with van der Waals surface area (Å²) < 4.78 is 0. The summed E-state index contributed by atoms with van der Waals surface area (Å²) in [7, 11) is 0. The van der Waals surface area contributed by atoms with Crippen molar-refractivity contribution in [2.24, 2.45) is 11.5 Å². The van der Waals surface area contributed by atoms with Gasteiger partial charge in [-0.15, -0.1) is 0 Å². The molecule has 1 fully saturated rings. The number of benzene rings is 1. The van der Waals surface area contributed by atoms with E-state index >= 15 is 0 Å². The topological polar surface area (TPSA) is 115 Å². The Hall–Kier alpha value is -1.66. The van der Waals surface area contributed by atoms with Gasteiger partial charge < -0.3 is 16.6 Å². The number of hydrogen-bond acceptors (Lipinski definition) is 5. The molecule has 6 heteroatoms. The van der Waals surface area contributed by atoms with Crippen LogP contribution in [0.4, 0.5) is 5.69 Å². The number of hydrogen-bond donors (Lipinski definition) is 3. The zero-order valence-electron chi connectivity index (χ0n) is 9.45. The van der Waals surface area contributed by atoms with Gasteiger partial charge in [-0.3, -0.25) is 10.1 Å². The number of nitro groups is 1. The van der Waals surface area contributed by atoms with Gasteiger partial charge in [-0.2, -0.15) is 0 Å². The first-order valence-corrected chi connectivity index (χ1v) is 5.44. The average molecular weight is 239 g/mol. The number of para-hydroxylation sites is 2. The maximum absolute atomic E-state index is 10.1. The van der Waals surface area contributed by atoms with Crippen LogP contribution < -0.4 is 11.5 Å². The third kappa shape index (κ3) is 4.38. The van der Waals surface area contributed by atoms with Gasteiger partial charge in [0.1, 0.15) is 0 Å². The number of nitrogens with two attached hydrogens (primary N) is 2. The second-order valence-corrected chi connectivity index (χ2v) is 4.08. The molecule has 1 aliphatic carbocycles. The molecule has 0 bridgehead atoms. The summed E-state index contributed by atoms with van der Waals surface area (Å²) in [5, 5.41) is 18.9. The smallest absolute Gasteiger partial charge is 0.310 e. The molecule has 0 unspecified atom stereocenters. The molecule has 0 radical (unpaired) electrons. The number of phenolic OH excluding ortho intramolecular Hbond substituents is 1. The molecule has 5 N–H and O–H groups in total. The van der Waals surface area contributed by atoms with E-state index in [9.17, 15) is 10.1 Å². The highest BCUT2D eigenvalue weighted by molar-refractivity contribution is 5.44. The maximum Gasteiger partial charge on any atom is 0.310 e. The third-order valence-electron chi connectivity index (χ3n) is 2.59. The van der Waals surface area contributed by atoms with E-state index in [-0.39, 0.29) is 11.4 Å². The van der Waals surface area contributed by atoms with Crippen LogP contribution >= 0.6 is 0 Å². The van der Waals surface area contributed by atoms with Gasteiger partial charge in [0.2, 0.25) is 0 Å². The summed E-state index contributed by atoms with van der Waals surface area (Å²) in [6.07, 6.45) is 3.28. The summed E-state index contributed by atoms with van der Waals surface area (Å²) in [5.74, 6) is -0.299. The van der Waals surface area contributed by atoms with Crippen molar-refractivity contribution in [3.8, 4) is 5.75 Å². The molecule has 1 aromatic carbocycles. The second kappa shape index (κ2) is 6.17. The molecular weight excluding hydrogens is 222 g/mol. The summed E-state index contributed by atoms with van der Waals surface area (Å²) >= 11 is 0. The molecule has 2 rings (SSSR count). The molecule has 1 aromatic rings. The highest BCUT2D eigenvalue weighted by Gasteiger charge is 2.16. The van der Waals surface area contributed by atoms with Gasteiger partial charge in [-0.25, -0.2) is 0 Å². The van der Waals surface area contributed by atoms with Crippen molar-refractivity contribution in [1.82, 2.24) is 0 Å². The Labute approximate surface area is 99.4 Å². The Bertz CT molecular complexity index is 376. The standard InChI is InChI=1S/C6H5NO3.C5H12N2/c8-6-4-2-1-3-5(6)7(9)10;6-4-1-2-5(7)3-4/h1-4,8H;4-5H,1-3,6-7H2/t;4-,5+. The zero-order chi connectivity index (χ0) is 12.8. The van der Waals surface area contributed by atoms with Crippen LogP contribution in [0.25, 0.3) is 0 Å². The van der Waals surface area contributed by atoms with E-state index in [1.807, 2.05) is 0 Å². The Kier molecular flexibility index (Phi) is 4.86. The van der Waals surface area contributed by atoms with Crippen LogP contribution in [0.1, 0.15) is 19.3 Å². The van der Waals surface area contributed by atoms with Crippen molar-refractivity contribution in [3.05, 3.63) is 34.4 Å². The maximum atomic E-state index is 10.1. The average Bonchev–Trinajstić information content (AvgIpc) is 2.63. The molecule has 17 heavy (non-hydrogen) atoms. The molecule has 0 saturated heterocycles. The lowest BCUT2D eigenvalue weighted by molar-refractivity contribution is -0.385. The molecule has 0 spiro atoms. The highest BCUT2D eigenvalue weighted by atomic mass is 16.6. The zero-order valence-corrected chi connectivity index (χ0v) is 9.45. The number of aromatic hydroxyl groups is 1. The van der Waals surface area contributed by atoms with Gasteiger partial charge in [-0.05, 0) is 25.3 Å². The summed E-state index contributed by atoms with van der Waals surface area (Å²) in [6, 6.07) is 6.35. The number of nitrogens with zero attached hydrogens (tertiary/aromatic N) is 1. The second-order valence-electron chi connectivity index (χ2n) is 4.08. The van der Waals surface area contributed by atoms with Crippen LogP contribution in [0, 0.1) is 10.1 Å². The first kappa shape index (κ1) is 13.4. The van der Waals surface area contributed by atoms with Crippen LogP contribution in [0.5, 0.6) is 5.75 Å².